The van der Waals surface area contributed by atoms with E-state index >= 15 is 0 Å². The quantitative estimate of drug-likeness (QED) is 0.661. The number of anilines is 1. The third-order valence-electron chi connectivity index (χ3n) is 2.00. The summed E-state index contributed by atoms with van der Waals surface area (Å²) >= 11 is 0. The van der Waals surface area contributed by atoms with Gasteiger partial charge in [0, 0.05) is 12.6 Å². The molecule has 1 heterocycles. The highest BCUT2D eigenvalue weighted by atomic mass is 16.1. The van der Waals surface area contributed by atoms with Gasteiger partial charge in [0.1, 0.15) is 5.70 Å². The van der Waals surface area contributed by atoms with E-state index in [-0.39, 0.29) is 0 Å². The summed E-state index contributed by atoms with van der Waals surface area (Å²) in [5.41, 5.74) is 1.50. The van der Waals surface area contributed by atoms with Crippen molar-refractivity contribution in [3.05, 3.63) is 42.1 Å². The third kappa shape index (κ3) is 1.57. The van der Waals surface area contributed by atoms with Crippen LogP contribution in [0.2, 0.25) is 0 Å². The first-order chi connectivity index (χ1) is 6.92. The maximum Gasteiger partial charge on any atom is 0.168 e. The van der Waals surface area contributed by atoms with Gasteiger partial charge >= 0.3 is 0 Å². The molecular formula is C11H10N2O. The number of carbonyl (C=O) groups is 1. The number of rotatable bonds is 2. The Morgan fingerprint density at radius 3 is 2.79 bits per heavy atom. The highest BCUT2D eigenvalue weighted by Gasteiger charge is 2.11. The zero-order chi connectivity index (χ0) is 9.80. The fraction of sp³-hybridized carbons (Fsp3) is 0.0909. The average molecular weight is 186 g/mol. The van der Waals surface area contributed by atoms with E-state index in [9.17, 15) is 4.79 Å². The number of benzene rings is 1. The lowest BCUT2D eigenvalue weighted by Gasteiger charge is -2.20. The zero-order valence-corrected chi connectivity index (χ0v) is 7.63. The Bertz CT molecular complexity index is 382. The second-order valence-electron chi connectivity index (χ2n) is 2.93. The van der Waals surface area contributed by atoms with Crippen LogP contribution in [0.4, 0.5) is 5.69 Å². The van der Waals surface area contributed by atoms with Crippen molar-refractivity contribution in [2.24, 2.45) is 5.10 Å². The summed E-state index contributed by atoms with van der Waals surface area (Å²) in [4.78, 5) is 10.8. The second kappa shape index (κ2) is 3.87. The number of hydrogen-bond acceptors (Lipinski definition) is 3. The molecule has 0 aliphatic carbocycles. The molecule has 0 atom stereocenters. The van der Waals surface area contributed by atoms with E-state index < -0.39 is 0 Å². The van der Waals surface area contributed by atoms with Crippen molar-refractivity contribution in [3.8, 4) is 0 Å². The lowest BCUT2D eigenvalue weighted by Crippen LogP contribution is -2.19. The molecule has 0 saturated heterocycles. The molecule has 2 rings (SSSR count). The molecule has 0 aromatic heterocycles. The van der Waals surface area contributed by atoms with Crippen molar-refractivity contribution in [2.45, 2.75) is 6.42 Å². The number of aldehydes is 1. The molecular weight excluding hydrogens is 176 g/mol. The molecule has 3 nitrogen and oxygen atoms in total. The molecule has 0 radical (unpaired) electrons. The van der Waals surface area contributed by atoms with E-state index in [1.807, 2.05) is 36.4 Å². The van der Waals surface area contributed by atoms with Crippen LogP contribution in [0.25, 0.3) is 0 Å². The van der Waals surface area contributed by atoms with Crippen LogP contribution in [0.3, 0.4) is 0 Å². The molecule has 0 unspecified atom stereocenters. The number of nitrogens with zero attached hydrogens (tertiary/aromatic N) is 2. The molecule has 0 amide bonds. The number of allylic oxidation sites excluding steroid dienone is 2. The first-order valence-corrected chi connectivity index (χ1v) is 4.45. The fourth-order valence-electron chi connectivity index (χ4n) is 1.34. The molecule has 1 aliphatic heterocycles. The van der Waals surface area contributed by atoms with Crippen LogP contribution in [0.1, 0.15) is 6.42 Å². The van der Waals surface area contributed by atoms with Crippen molar-refractivity contribution < 1.29 is 4.79 Å². The maximum absolute atomic E-state index is 10.8. The Balaban J connectivity index is 2.34. The standard InChI is InChI=1S/C11H10N2O/c14-9-11-7-4-8-12-13(11)10-5-2-1-3-6-10/h1-3,5-9H,4H2. The summed E-state index contributed by atoms with van der Waals surface area (Å²) < 4.78 is 0. The molecule has 14 heavy (non-hydrogen) atoms. The Morgan fingerprint density at radius 2 is 2.07 bits per heavy atom. The van der Waals surface area contributed by atoms with Gasteiger partial charge in [0.15, 0.2) is 6.29 Å². The minimum atomic E-state index is 0.596. The van der Waals surface area contributed by atoms with E-state index in [1.54, 1.807) is 11.2 Å². The van der Waals surface area contributed by atoms with Gasteiger partial charge in [0.25, 0.3) is 0 Å². The SMILES string of the molecule is O=CC1=CCC=NN1c1ccccc1. The number of carbonyl (C=O) groups excluding carboxylic acids is 1. The van der Waals surface area contributed by atoms with Crippen molar-refractivity contribution in [1.29, 1.82) is 0 Å². The first kappa shape index (κ1) is 8.69. The Morgan fingerprint density at radius 1 is 1.29 bits per heavy atom. The molecule has 1 aliphatic rings. The highest BCUT2D eigenvalue weighted by Crippen LogP contribution is 2.20. The van der Waals surface area contributed by atoms with E-state index in [0.717, 1.165) is 18.4 Å². The summed E-state index contributed by atoms with van der Waals surface area (Å²) in [5, 5.41) is 5.80. The van der Waals surface area contributed by atoms with Crippen LogP contribution in [-0.2, 0) is 4.79 Å². The lowest BCUT2D eigenvalue weighted by atomic mass is 10.2. The van der Waals surface area contributed by atoms with E-state index in [0.29, 0.717) is 5.70 Å². The van der Waals surface area contributed by atoms with Crippen molar-refractivity contribution in [2.75, 3.05) is 5.01 Å². The predicted molar refractivity (Wildman–Crippen MR) is 56.2 cm³/mol. The zero-order valence-electron chi connectivity index (χ0n) is 7.63. The minimum Gasteiger partial charge on any atom is -0.296 e. The summed E-state index contributed by atoms with van der Waals surface area (Å²) in [7, 11) is 0. The molecule has 0 fully saturated rings. The molecule has 0 bridgehead atoms. The van der Waals surface area contributed by atoms with Gasteiger partial charge in [0.2, 0.25) is 0 Å². The van der Waals surface area contributed by atoms with E-state index in [1.165, 1.54) is 0 Å². The molecule has 0 spiro atoms. The smallest absolute Gasteiger partial charge is 0.168 e. The second-order valence-corrected chi connectivity index (χ2v) is 2.93. The summed E-state index contributed by atoms with van der Waals surface area (Å²) in [5.74, 6) is 0. The van der Waals surface area contributed by atoms with Crippen molar-refractivity contribution in [1.82, 2.24) is 0 Å². The molecule has 3 heteroatoms. The van der Waals surface area contributed by atoms with Gasteiger partial charge in [-0.05, 0) is 18.2 Å². The van der Waals surface area contributed by atoms with Gasteiger partial charge in [0.05, 0.1) is 5.69 Å². The molecule has 0 N–H and O–H groups in total. The first-order valence-electron chi connectivity index (χ1n) is 4.45. The summed E-state index contributed by atoms with van der Waals surface area (Å²) in [6, 6.07) is 9.60. The van der Waals surface area contributed by atoms with Crippen LogP contribution < -0.4 is 5.01 Å². The lowest BCUT2D eigenvalue weighted by molar-refractivity contribution is -0.105. The van der Waals surface area contributed by atoms with Crippen molar-refractivity contribution in [3.63, 3.8) is 0 Å². The van der Waals surface area contributed by atoms with Gasteiger partial charge in [-0.3, -0.25) is 4.79 Å². The van der Waals surface area contributed by atoms with Crippen LogP contribution in [0.15, 0.2) is 47.2 Å². The van der Waals surface area contributed by atoms with E-state index in [2.05, 4.69) is 5.10 Å². The topological polar surface area (TPSA) is 32.7 Å². The molecule has 1 aromatic carbocycles. The van der Waals surface area contributed by atoms with Crippen molar-refractivity contribution >= 4 is 18.2 Å². The Labute approximate surface area is 82.3 Å². The molecule has 70 valence electrons. The normalized spacial score (nSPS) is 15.1. The molecule has 0 saturated carbocycles. The average Bonchev–Trinajstić information content (AvgIpc) is 2.30. The maximum atomic E-state index is 10.8. The van der Waals surface area contributed by atoms with Crippen LogP contribution in [-0.4, -0.2) is 12.5 Å². The predicted octanol–water partition coefficient (Wildman–Crippen LogP) is 1.97. The monoisotopic (exact) mass is 186 g/mol. The van der Waals surface area contributed by atoms with Crippen LogP contribution in [0.5, 0.6) is 0 Å². The summed E-state index contributed by atoms with van der Waals surface area (Å²) in [6.45, 7) is 0. The van der Waals surface area contributed by atoms with Crippen LogP contribution >= 0.6 is 0 Å². The Kier molecular flexibility index (Phi) is 2.40. The van der Waals surface area contributed by atoms with Gasteiger partial charge in [-0.1, -0.05) is 18.2 Å². The largest absolute Gasteiger partial charge is 0.296 e. The Hall–Kier alpha value is -1.90. The number of para-hydroxylation sites is 1. The van der Waals surface area contributed by atoms with Gasteiger partial charge in [-0.2, -0.15) is 5.10 Å². The fourth-order valence-corrected chi connectivity index (χ4v) is 1.34. The highest BCUT2D eigenvalue weighted by molar-refractivity contribution is 5.83. The van der Waals surface area contributed by atoms with Gasteiger partial charge < -0.3 is 0 Å². The van der Waals surface area contributed by atoms with Crippen LogP contribution in [0, 0.1) is 0 Å². The summed E-state index contributed by atoms with van der Waals surface area (Å²) in [6.07, 6.45) is 5.17. The number of hydrogen-bond donors (Lipinski definition) is 0. The van der Waals surface area contributed by atoms with Gasteiger partial charge in [-0.15, -0.1) is 0 Å². The van der Waals surface area contributed by atoms with E-state index in [4.69, 9.17) is 0 Å². The molecule has 1 aromatic rings. The third-order valence-corrected chi connectivity index (χ3v) is 2.00. The number of hydrazone groups is 1. The van der Waals surface area contributed by atoms with Gasteiger partial charge in [-0.25, -0.2) is 5.01 Å². The minimum absolute atomic E-state index is 0.596.